The van der Waals surface area contributed by atoms with Crippen LogP contribution in [0, 0.1) is 12.8 Å². The summed E-state index contributed by atoms with van der Waals surface area (Å²) in [5.41, 5.74) is 7.44. The first-order valence-electron chi connectivity index (χ1n) is 16.2. The van der Waals surface area contributed by atoms with Gasteiger partial charge in [0.1, 0.15) is 0 Å². The number of pyridine rings is 2. The topological polar surface area (TPSA) is 62.8 Å². The molecule has 0 bridgehead atoms. The number of aromatic nitrogens is 2. The minimum atomic E-state index is 0.552. The van der Waals surface area contributed by atoms with E-state index in [9.17, 15) is 0 Å². The Hall–Kier alpha value is -2.06. The molecule has 2 saturated heterocycles. The predicted octanol–water partition coefficient (Wildman–Crippen LogP) is 6.03. The van der Waals surface area contributed by atoms with Gasteiger partial charge >= 0.3 is 0 Å². The van der Waals surface area contributed by atoms with Crippen LogP contribution < -0.4 is 10.2 Å². The molecule has 1 aliphatic carbocycles. The highest BCUT2D eigenvalue weighted by molar-refractivity contribution is 5.51. The van der Waals surface area contributed by atoms with Crippen LogP contribution >= 0.6 is 0 Å². The van der Waals surface area contributed by atoms with E-state index in [2.05, 4.69) is 67.3 Å². The normalized spacial score (nSPS) is 18.1. The first kappa shape index (κ1) is 35.1. The monoisotopic (exact) mass is 569 g/mol. The summed E-state index contributed by atoms with van der Waals surface area (Å²) in [5.74, 6) is 1.48. The maximum atomic E-state index is 5.50. The molecule has 1 unspecified atom stereocenters. The van der Waals surface area contributed by atoms with Gasteiger partial charge in [-0.1, -0.05) is 40.7 Å². The van der Waals surface area contributed by atoms with Gasteiger partial charge in [0.05, 0.1) is 36.9 Å². The number of morpholine rings is 1. The van der Waals surface area contributed by atoms with Gasteiger partial charge in [-0.2, -0.15) is 0 Å². The van der Waals surface area contributed by atoms with Gasteiger partial charge in [-0.15, -0.1) is 0 Å². The molecule has 1 saturated carbocycles. The van der Waals surface area contributed by atoms with Crippen LogP contribution in [0.25, 0.3) is 0 Å². The van der Waals surface area contributed by atoms with Crippen LogP contribution in [0.5, 0.6) is 0 Å². The number of nitrogens with one attached hydrogen (secondary N) is 1. The van der Waals surface area contributed by atoms with Crippen LogP contribution in [0.15, 0.2) is 24.3 Å². The highest BCUT2D eigenvalue weighted by atomic mass is 16.5. The third kappa shape index (κ3) is 12.4. The van der Waals surface area contributed by atoms with Crippen LogP contribution in [-0.4, -0.2) is 81.6 Å². The fourth-order valence-electron chi connectivity index (χ4n) is 4.97. The first-order valence-corrected chi connectivity index (χ1v) is 16.2. The third-order valence-electron chi connectivity index (χ3n) is 7.46. The lowest BCUT2D eigenvalue weighted by atomic mass is 9.96. The number of anilines is 1. The van der Waals surface area contributed by atoms with E-state index in [-0.39, 0.29) is 0 Å². The molecule has 3 fully saturated rings. The summed E-state index contributed by atoms with van der Waals surface area (Å²) in [6.07, 6.45) is 5.95. The Balaban J connectivity index is 0.000000256. The van der Waals surface area contributed by atoms with Gasteiger partial charge in [0.2, 0.25) is 0 Å². The molecule has 41 heavy (non-hydrogen) atoms. The molecule has 0 spiro atoms. The van der Waals surface area contributed by atoms with Crippen molar-refractivity contribution in [2.45, 2.75) is 86.1 Å². The summed E-state index contributed by atoms with van der Waals surface area (Å²) in [6.45, 7) is 20.7. The van der Waals surface area contributed by atoms with Gasteiger partial charge < -0.3 is 24.6 Å². The molecule has 232 valence electrons. The molecule has 1 atom stereocenters. The van der Waals surface area contributed by atoms with Gasteiger partial charge in [0, 0.05) is 56.5 Å². The van der Waals surface area contributed by atoms with Crippen molar-refractivity contribution in [2.75, 3.05) is 71.6 Å². The molecule has 2 aromatic rings. The van der Waals surface area contributed by atoms with Crippen molar-refractivity contribution in [2.24, 2.45) is 5.92 Å². The van der Waals surface area contributed by atoms with E-state index >= 15 is 0 Å². The molecule has 2 aliphatic heterocycles. The molecule has 7 nitrogen and oxygen atoms in total. The maximum absolute atomic E-state index is 5.50. The summed E-state index contributed by atoms with van der Waals surface area (Å²) in [5, 5.41) is 3.55. The van der Waals surface area contributed by atoms with Crippen LogP contribution in [0.4, 0.5) is 5.69 Å². The maximum Gasteiger partial charge on any atom is 0.0652 e. The van der Waals surface area contributed by atoms with Gasteiger partial charge in [-0.3, -0.25) is 9.97 Å². The van der Waals surface area contributed by atoms with Crippen molar-refractivity contribution >= 4 is 5.69 Å². The SMILES string of the molecule is CC.CC.CCc1ccc(N2CCOCC2)c(CCN(C)C)n1.Cc1ccc(C2CCOC2)c(CNCC2CC2)n1. The van der Waals surface area contributed by atoms with Crippen LogP contribution in [0.1, 0.15) is 88.1 Å². The highest BCUT2D eigenvalue weighted by Gasteiger charge is 2.23. The zero-order valence-electron chi connectivity index (χ0n) is 27.5. The number of aryl methyl sites for hydroxylation is 2. The molecule has 1 N–H and O–H groups in total. The average molecular weight is 570 g/mol. The fraction of sp³-hybridized carbons (Fsp3) is 0.706. The summed E-state index contributed by atoms with van der Waals surface area (Å²) in [6, 6.07) is 8.76. The van der Waals surface area contributed by atoms with E-state index in [1.807, 2.05) is 27.7 Å². The van der Waals surface area contributed by atoms with Gasteiger partial charge in [-0.25, -0.2) is 0 Å². The summed E-state index contributed by atoms with van der Waals surface area (Å²) < 4.78 is 10.9. The number of hydrogen-bond donors (Lipinski definition) is 1. The lowest BCUT2D eigenvalue weighted by Gasteiger charge is -2.30. The van der Waals surface area contributed by atoms with Crippen LogP contribution in [-0.2, 0) is 28.9 Å². The van der Waals surface area contributed by atoms with Crippen molar-refractivity contribution in [1.82, 2.24) is 20.2 Å². The zero-order chi connectivity index (χ0) is 30.0. The Bertz CT molecular complexity index is 968. The largest absolute Gasteiger partial charge is 0.381 e. The molecule has 2 aromatic heterocycles. The summed E-state index contributed by atoms with van der Waals surface area (Å²) in [7, 11) is 4.22. The molecule has 5 rings (SSSR count). The Labute approximate surface area is 251 Å². The van der Waals surface area contributed by atoms with Crippen LogP contribution in [0.3, 0.4) is 0 Å². The van der Waals surface area contributed by atoms with E-state index in [4.69, 9.17) is 19.4 Å². The average Bonchev–Trinajstić information content (AvgIpc) is 3.68. The molecule has 0 aromatic carbocycles. The lowest BCUT2D eigenvalue weighted by Crippen LogP contribution is -2.37. The molecule has 0 radical (unpaired) electrons. The second-order valence-corrected chi connectivity index (χ2v) is 10.9. The van der Waals surface area contributed by atoms with Crippen molar-refractivity contribution in [3.8, 4) is 0 Å². The van der Waals surface area contributed by atoms with E-state index in [1.54, 1.807) is 0 Å². The number of ether oxygens (including phenoxy) is 2. The lowest BCUT2D eigenvalue weighted by molar-refractivity contribution is 0.122. The minimum Gasteiger partial charge on any atom is -0.381 e. The number of hydrogen-bond acceptors (Lipinski definition) is 7. The quantitative estimate of drug-likeness (QED) is 0.375. The predicted molar refractivity (Wildman–Crippen MR) is 173 cm³/mol. The molecule has 7 heteroatoms. The third-order valence-corrected chi connectivity index (χ3v) is 7.46. The van der Waals surface area contributed by atoms with Crippen molar-refractivity contribution < 1.29 is 9.47 Å². The Morgan fingerprint density at radius 1 is 0.902 bits per heavy atom. The van der Waals surface area contributed by atoms with Gasteiger partial charge in [0.15, 0.2) is 0 Å². The van der Waals surface area contributed by atoms with Crippen molar-refractivity contribution in [1.29, 1.82) is 0 Å². The Morgan fingerprint density at radius 2 is 1.63 bits per heavy atom. The highest BCUT2D eigenvalue weighted by Crippen LogP contribution is 2.29. The fourth-order valence-corrected chi connectivity index (χ4v) is 4.97. The second kappa shape index (κ2) is 20.0. The number of nitrogens with zero attached hydrogens (tertiary/aromatic N) is 4. The smallest absolute Gasteiger partial charge is 0.0652 e. The zero-order valence-corrected chi connectivity index (χ0v) is 27.5. The molecule has 4 heterocycles. The molecule has 3 aliphatic rings. The second-order valence-electron chi connectivity index (χ2n) is 10.9. The van der Waals surface area contributed by atoms with E-state index in [0.717, 1.165) is 90.0 Å². The van der Waals surface area contributed by atoms with Crippen molar-refractivity contribution in [3.05, 3.63) is 52.6 Å². The van der Waals surface area contributed by atoms with E-state index in [1.165, 1.54) is 41.2 Å². The first-order chi connectivity index (χ1) is 20.0. The Morgan fingerprint density at radius 3 is 2.24 bits per heavy atom. The van der Waals surface area contributed by atoms with Crippen LogP contribution in [0.2, 0.25) is 0 Å². The number of likely N-dealkylation sites (N-methyl/N-ethyl adjacent to an activating group) is 1. The Kier molecular flexibility index (Phi) is 17.1. The van der Waals surface area contributed by atoms with Gasteiger partial charge in [0.25, 0.3) is 0 Å². The molecular weight excluding hydrogens is 510 g/mol. The summed E-state index contributed by atoms with van der Waals surface area (Å²) >= 11 is 0. The van der Waals surface area contributed by atoms with E-state index < -0.39 is 0 Å². The van der Waals surface area contributed by atoms with E-state index in [0.29, 0.717) is 5.92 Å². The van der Waals surface area contributed by atoms with Crippen molar-refractivity contribution in [3.63, 3.8) is 0 Å². The molecular formula is C34H59N5O2. The molecule has 0 amide bonds. The van der Waals surface area contributed by atoms with Gasteiger partial charge in [-0.05, 0) is 82.9 Å². The number of rotatable bonds is 10. The minimum absolute atomic E-state index is 0.552. The standard InChI is InChI=1S/C15H25N3O.C15H22N2O.2C2H6/c1-4-13-5-6-15(18-9-11-19-12-10-18)14(16-13)7-8-17(2)3;1-11-2-5-14(13-6-7-18-10-13)15(17-11)9-16-8-12-3-4-12;2*1-2/h5-6H,4,7-12H2,1-3H3;2,5,12-13,16H,3-4,6-10H2,1H3;2*1-2H3. The summed E-state index contributed by atoms with van der Waals surface area (Å²) in [4.78, 5) is 14.2.